The largest absolute Gasteiger partial charge is 0.335 e. The van der Waals surface area contributed by atoms with Crippen LogP contribution in [0, 0.1) is 0 Å². The number of carbonyl (C=O) groups is 1. The maximum absolute atomic E-state index is 11.4. The summed E-state index contributed by atoms with van der Waals surface area (Å²) in [5.41, 5.74) is 1.09. The highest BCUT2D eigenvalue weighted by molar-refractivity contribution is 5.88. The van der Waals surface area contributed by atoms with Gasteiger partial charge in [0.15, 0.2) is 0 Å². The molecule has 0 bridgehead atoms. The molecule has 0 spiro atoms. The Balaban J connectivity index is 2.28. The molecule has 0 fully saturated rings. The van der Waals surface area contributed by atoms with Gasteiger partial charge in [0.2, 0.25) is 5.91 Å². The first-order chi connectivity index (χ1) is 6.79. The van der Waals surface area contributed by atoms with Gasteiger partial charge in [-0.3, -0.25) is 9.78 Å². The van der Waals surface area contributed by atoms with Crippen LogP contribution in [0.1, 0.15) is 18.0 Å². The Morgan fingerprint density at radius 2 is 2.43 bits per heavy atom. The summed E-state index contributed by atoms with van der Waals surface area (Å²) in [5.74, 6) is 0.0603. The fraction of sp³-hybridized carbons (Fsp3) is 0.273. The number of likely N-dealkylation sites (N-methyl/N-ethyl adjacent to an activating group) is 1. The molecular weight excluding hydrogens is 176 g/mol. The van der Waals surface area contributed by atoms with Gasteiger partial charge in [-0.1, -0.05) is 12.1 Å². The minimum absolute atomic E-state index is 0.0603. The van der Waals surface area contributed by atoms with Crippen LogP contribution in [0.15, 0.2) is 36.7 Å². The third-order valence-corrected chi connectivity index (χ3v) is 2.50. The fourth-order valence-corrected chi connectivity index (χ4v) is 1.66. The summed E-state index contributed by atoms with van der Waals surface area (Å²) in [7, 11) is 1.82. The van der Waals surface area contributed by atoms with E-state index in [0.717, 1.165) is 12.0 Å². The summed E-state index contributed by atoms with van der Waals surface area (Å²) < 4.78 is 0. The third-order valence-electron chi connectivity index (χ3n) is 2.50. The summed E-state index contributed by atoms with van der Waals surface area (Å²) in [6, 6.07) is 4.04. The average Bonchev–Trinajstić information content (AvgIpc) is 2.23. The van der Waals surface area contributed by atoms with Crippen molar-refractivity contribution in [2.75, 3.05) is 7.05 Å². The molecule has 1 aliphatic rings. The van der Waals surface area contributed by atoms with E-state index in [0.29, 0.717) is 0 Å². The van der Waals surface area contributed by atoms with Gasteiger partial charge in [0.25, 0.3) is 0 Å². The Bertz CT molecular complexity index is 359. The zero-order valence-electron chi connectivity index (χ0n) is 8.05. The van der Waals surface area contributed by atoms with Gasteiger partial charge in [-0.15, -0.1) is 0 Å². The van der Waals surface area contributed by atoms with Gasteiger partial charge in [-0.2, -0.15) is 0 Å². The second-order valence-electron chi connectivity index (χ2n) is 3.39. The molecule has 0 saturated heterocycles. The molecular formula is C11H12N2O. The number of carbonyl (C=O) groups excluding carboxylic acids is 1. The Labute approximate surface area is 83.1 Å². The van der Waals surface area contributed by atoms with Crippen molar-refractivity contribution in [2.24, 2.45) is 0 Å². The number of amides is 1. The molecule has 1 aromatic heterocycles. The van der Waals surface area contributed by atoms with E-state index in [1.54, 1.807) is 17.2 Å². The van der Waals surface area contributed by atoms with Crippen LogP contribution in [0.2, 0.25) is 0 Å². The highest BCUT2D eigenvalue weighted by atomic mass is 16.2. The summed E-state index contributed by atoms with van der Waals surface area (Å²) in [4.78, 5) is 17.2. The van der Waals surface area contributed by atoms with Crippen LogP contribution in [0.25, 0.3) is 0 Å². The summed E-state index contributed by atoms with van der Waals surface area (Å²) >= 11 is 0. The van der Waals surface area contributed by atoms with Gasteiger partial charge < -0.3 is 4.90 Å². The first-order valence-corrected chi connectivity index (χ1v) is 4.62. The Hall–Kier alpha value is -1.64. The molecule has 3 nitrogen and oxygen atoms in total. The van der Waals surface area contributed by atoms with Gasteiger partial charge in [-0.05, 0) is 24.1 Å². The Morgan fingerprint density at radius 3 is 3.14 bits per heavy atom. The molecule has 1 aromatic rings. The van der Waals surface area contributed by atoms with Crippen molar-refractivity contribution in [3.63, 3.8) is 0 Å². The second-order valence-corrected chi connectivity index (χ2v) is 3.39. The van der Waals surface area contributed by atoms with E-state index in [2.05, 4.69) is 4.98 Å². The van der Waals surface area contributed by atoms with Gasteiger partial charge in [0.1, 0.15) is 0 Å². The lowest BCUT2D eigenvalue weighted by atomic mass is 10.0. The highest BCUT2D eigenvalue weighted by Gasteiger charge is 2.22. The van der Waals surface area contributed by atoms with E-state index < -0.39 is 0 Å². The molecule has 0 radical (unpaired) electrons. The Kier molecular flexibility index (Phi) is 2.31. The van der Waals surface area contributed by atoms with Crippen molar-refractivity contribution in [2.45, 2.75) is 12.5 Å². The maximum Gasteiger partial charge on any atom is 0.246 e. The van der Waals surface area contributed by atoms with Crippen LogP contribution in [0.3, 0.4) is 0 Å². The van der Waals surface area contributed by atoms with Crippen LogP contribution in [-0.2, 0) is 4.79 Å². The lowest BCUT2D eigenvalue weighted by Crippen LogP contribution is -2.32. The quantitative estimate of drug-likeness (QED) is 0.669. The number of pyridine rings is 1. The number of aromatic nitrogens is 1. The van der Waals surface area contributed by atoms with E-state index in [-0.39, 0.29) is 11.9 Å². The van der Waals surface area contributed by atoms with E-state index in [1.807, 2.05) is 31.5 Å². The van der Waals surface area contributed by atoms with Gasteiger partial charge in [0, 0.05) is 19.4 Å². The van der Waals surface area contributed by atoms with E-state index in [9.17, 15) is 4.79 Å². The third kappa shape index (κ3) is 1.53. The molecule has 2 heterocycles. The standard InChI is InChI=1S/C11H12N2O/c1-13-10(5-2-6-11(13)14)9-4-3-7-12-8-9/h2-4,6-8,10H,5H2,1H3. The smallest absolute Gasteiger partial charge is 0.246 e. The normalized spacial score (nSPS) is 21.4. The monoisotopic (exact) mass is 188 g/mol. The maximum atomic E-state index is 11.4. The minimum Gasteiger partial charge on any atom is -0.335 e. The van der Waals surface area contributed by atoms with Crippen molar-refractivity contribution in [1.82, 2.24) is 9.88 Å². The number of rotatable bonds is 1. The zero-order valence-corrected chi connectivity index (χ0v) is 8.05. The van der Waals surface area contributed by atoms with Crippen LogP contribution >= 0.6 is 0 Å². The van der Waals surface area contributed by atoms with Crippen LogP contribution < -0.4 is 0 Å². The lowest BCUT2D eigenvalue weighted by molar-refractivity contribution is -0.127. The van der Waals surface area contributed by atoms with E-state index in [1.165, 1.54) is 0 Å². The minimum atomic E-state index is 0.0603. The average molecular weight is 188 g/mol. The van der Waals surface area contributed by atoms with Crippen molar-refractivity contribution >= 4 is 5.91 Å². The van der Waals surface area contributed by atoms with Crippen molar-refractivity contribution in [1.29, 1.82) is 0 Å². The van der Waals surface area contributed by atoms with Crippen LogP contribution in [-0.4, -0.2) is 22.8 Å². The summed E-state index contributed by atoms with van der Waals surface area (Å²) in [6.45, 7) is 0. The molecule has 72 valence electrons. The number of hydrogen-bond acceptors (Lipinski definition) is 2. The SMILES string of the molecule is CN1C(=O)C=CCC1c1cccnc1. The summed E-state index contributed by atoms with van der Waals surface area (Å²) in [6.07, 6.45) is 7.96. The second kappa shape index (κ2) is 3.62. The van der Waals surface area contributed by atoms with E-state index in [4.69, 9.17) is 0 Å². The molecule has 14 heavy (non-hydrogen) atoms. The molecule has 1 aliphatic heterocycles. The molecule has 1 unspecified atom stereocenters. The molecule has 1 atom stereocenters. The lowest BCUT2D eigenvalue weighted by Gasteiger charge is -2.29. The van der Waals surface area contributed by atoms with Gasteiger partial charge in [-0.25, -0.2) is 0 Å². The molecule has 3 heteroatoms. The van der Waals surface area contributed by atoms with Crippen LogP contribution in [0.4, 0.5) is 0 Å². The van der Waals surface area contributed by atoms with Crippen LogP contribution in [0.5, 0.6) is 0 Å². The molecule has 1 amide bonds. The molecule has 0 saturated carbocycles. The predicted octanol–water partition coefficient (Wildman–Crippen LogP) is 1.54. The number of hydrogen-bond donors (Lipinski definition) is 0. The van der Waals surface area contributed by atoms with Crippen molar-refractivity contribution in [3.05, 3.63) is 42.2 Å². The zero-order chi connectivity index (χ0) is 9.97. The van der Waals surface area contributed by atoms with Gasteiger partial charge >= 0.3 is 0 Å². The molecule has 0 N–H and O–H groups in total. The first kappa shape index (κ1) is 8.94. The van der Waals surface area contributed by atoms with E-state index >= 15 is 0 Å². The topological polar surface area (TPSA) is 33.2 Å². The predicted molar refractivity (Wildman–Crippen MR) is 53.5 cm³/mol. The molecule has 0 aliphatic carbocycles. The molecule has 0 aromatic carbocycles. The fourth-order valence-electron chi connectivity index (χ4n) is 1.66. The molecule has 2 rings (SSSR count). The number of nitrogens with zero attached hydrogens (tertiary/aromatic N) is 2. The van der Waals surface area contributed by atoms with Gasteiger partial charge in [0.05, 0.1) is 6.04 Å². The summed E-state index contributed by atoms with van der Waals surface area (Å²) in [5, 5.41) is 0. The highest BCUT2D eigenvalue weighted by Crippen LogP contribution is 2.25. The van der Waals surface area contributed by atoms with Crippen molar-refractivity contribution < 1.29 is 4.79 Å². The first-order valence-electron chi connectivity index (χ1n) is 4.62. The Morgan fingerprint density at radius 1 is 1.57 bits per heavy atom. The van der Waals surface area contributed by atoms with Crippen molar-refractivity contribution in [3.8, 4) is 0 Å².